The van der Waals surface area contributed by atoms with E-state index >= 15 is 0 Å². The number of hydrogen-bond acceptors (Lipinski definition) is 4. The van der Waals surface area contributed by atoms with Crippen LogP contribution in [0.2, 0.25) is 0 Å². The van der Waals surface area contributed by atoms with Crippen LogP contribution >= 0.6 is 0 Å². The SMILES string of the molecule is COc1ccccc1CNC(=O)c1ccc(N2CCCC2)c(NC(=O)Nc2ccccc2)c1. The Morgan fingerprint density at radius 2 is 1.64 bits per heavy atom. The van der Waals surface area contributed by atoms with Gasteiger partial charge in [0.2, 0.25) is 0 Å². The van der Waals surface area contributed by atoms with Crippen LogP contribution in [0.1, 0.15) is 28.8 Å². The van der Waals surface area contributed by atoms with Gasteiger partial charge in [0.15, 0.2) is 0 Å². The van der Waals surface area contributed by atoms with Crippen molar-refractivity contribution in [3.63, 3.8) is 0 Å². The predicted molar refractivity (Wildman–Crippen MR) is 131 cm³/mol. The average Bonchev–Trinajstić information content (AvgIpc) is 3.38. The molecule has 3 N–H and O–H groups in total. The van der Waals surface area contributed by atoms with Crippen molar-refractivity contribution in [2.45, 2.75) is 19.4 Å². The molecule has 4 rings (SSSR count). The maximum atomic E-state index is 12.9. The number of para-hydroxylation sites is 2. The minimum Gasteiger partial charge on any atom is -0.496 e. The predicted octanol–water partition coefficient (Wildman–Crippen LogP) is 4.87. The molecule has 170 valence electrons. The van der Waals surface area contributed by atoms with Gasteiger partial charge < -0.3 is 25.6 Å². The first-order valence-electron chi connectivity index (χ1n) is 11.1. The number of carbonyl (C=O) groups is 2. The standard InChI is InChI=1S/C26H28N4O3/c1-33-24-12-6-5-9-20(24)18-27-25(31)19-13-14-23(30-15-7-8-16-30)22(17-19)29-26(32)28-21-10-3-2-4-11-21/h2-6,9-14,17H,7-8,15-16,18H2,1H3,(H,27,31)(H2,28,29,32). The summed E-state index contributed by atoms with van der Waals surface area (Å²) in [6.45, 7) is 2.19. The molecule has 0 aliphatic carbocycles. The van der Waals surface area contributed by atoms with Crippen LogP contribution in [-0.2, 0) is 6.54 Å². The highest BCUT2D eigenvalue weighted by molar-refractivity contribution is 6.04. The van der Waals surface area contributed by atoms with Crippen molar-refractivity contribution in [2.75, 3.05) is 35.7 Å². The Morgan fingerprint density at radius 3 is 2.39 bits per heavy atom. The van der Waals surface area contributed by atoms with Gasteiger partial charge in [0.05, 0.1) is 18.5 Å². The molecule has 0 unspecified atom stereocenters. The van der Waals surface area contributed by atoms with Crippen LogP contribution in [0.25, 0.3) is 0 Å². The smallest absolute Gasteiger partial charge is 0.323 e. The van der Waals surface area contributed by atoms with Gasteiger partial charge >= 0.3 is 6.03 Å². The largest absolute Gasteiger partial charge is 0.496 e. The number of anilines is 3. The van der Waals surface area contributed by atoms with Gasteiger partial charge in [0.25, 0.3) is 5.91 Å². The Kier molecular flexibility index (Phi) is 7.09. The summed E-state index contributed by atoms with van der Waals surface area (Å²) >= 11 is 0. The number of ether oxygens (including phenoxy) is 1. The number of nitrogens with zero attached hydrogens (tertiary/aromatic N) is 1. The zero-order valence-corrected chi connectivity index (χ0v) is 18.6. The third kappa shape index (κ3) is 5.63. The third-order valence-electron chi connectivity index (χ3n) is 5.62. The van der Waals surface area contributed by atoms with Crippen molar-refractivity contribution in [1.29, 1.82) is 0 Å². The van der Waals surface area contributed by atoms with Crippen LogP contribution in [0, 0.1) is 0 Å². The van der Waals surface area contributed by atoms with E-state index in [0.29, 0.717) is 23.5 Å². The first-order chi connectivity index (χ1) is 16.1. The van der Waals surface area contributed by atoms with Gasteiger partial charge in [-0.2, -0.15) is 0 Å². The average molecular weight is 445 g/mol. The Labute approximate surface area is 193 Å². The summed E-state index contributed by atoms with van der Waals surface area (Å²) in [5.74, 6) is 0.502. The van der Waals surface area contributed by atoms with Crippen molar-refractivity contribution >= 4 is 29.0 Å². The molecule has 3 aromatic carbocycles. The fourth-order valence-electron chi connectivity index (χ4n) is 3.94. The molecule has 3 aromatic rings. The van der Waals surface area contributed by atoms with Crippen molar-refractivity contribution in [2.24, 2.45) is 0 Å². The number of carbonyl (C=O) groups excluding carboxylic acids is 2. The molecule has 33 heavy (non-hydrogen) atoms. The Balaban J connectivity index is 1.51. The van der Waals surface area contributed by atoms with Crippen LogP contribution in [0.4, 0.5) is 21.9 Å². The van der Waals surface area contributed by atoms with E-state index in [0.717, 1.165) is 42.9 Å². The van der Waals surface area contributed by atoms with E-state index in [1.807, 2.05) is 60.7 Å². The quantitative estimate of drug-likeness (QED) is 0.486. The fourth-order valence-corrected chi connectivity index (χ4v) is 3.94. The number of benzene rings is 3. The van der Waals surface area contributed by atoms with Gasteiger partial charge in [0.1, 0.15) is 5.75 Å². The normalized spacial score (nSPS) is 12.8. The topological polar surface area (TPSA) is 82.7 Å². The molecule has 0 spiro atoms. The Bertz CT molecular complexity index is 1110. The molecule has 0 aromatic heterocycles. The second-order valence-corrected chi connectivity index (χ2v) is 7.87. The molecule has 1 aliphatic rings. The fraction of sp³-hybridized carbons (Fsp3) is 0.231. The van der Waals surface area contributed by atoms with Crippen molar-refractivity contribution in [3.05, 3.63) is 83.9 Å². The molecule has 1 saturated heterocycles. The summed E-state index contributed by atoms with van der Waals surface area (Å²) < 4.78 is 5.36. The molecule has 0 radical (unpaired) electrons. The lowest BCUT2D eigenvalue weighted by Crippen LogP contribution is -2.26. The number of urea groups is 1. The molecule has 7 nitrogen and oxygen atoms in total. The summed E-state index contributed by atoms with van der Waals surface area (Å²) in [6.07, 6.45) is 2.22. The Morgan fingerprint density at radius 1 is 0.909 bits per heavy atom. The zero-order chi connectivity index (χ0) is 23.0. The highest BCUT2D eigenvalue weighted by Crippen LogP contribution is 2.30. The second kappa shape index (κ2) is 10.5. The number of nitrogens with one attached hydrogen (secondary N) is 3. The van der Waals surface area contributed by atoms with E-state index in [9.17, 15) is 9.59 Å². The molecular weight excluding hydrogens is 416 g/mol. The zero-order valence-electron chi connectivity index (χ0n) is 18.6. The first kappa shape index (κ1) is 22.2. The molecule has 1 heterocycles. The van der Waals surface area contributed by atoms with Crippen LogP contribution in [0.15, 0.2) is 72.8 Å². The first-order valence-corrected chi connectivity index (χ1v) is 11.1. The van der Waals surface area contributed by atoms with Crippen LogP contribution in [0.5, 0.6) is 5.75 Å². The van der Waals surface area contributed by atoms with E-state index in [4.69, 9.17) is 4.74 Å². The molecule has 7 heteroatoms. The molecule has 0 saturated carbocycles. The highest BCUT2D eigenvalue weighted by atomic mass is 16.5. The van der Waals surface area contributed by atoms with Crippen LogP contribution in [0.3, 0.4) is 0 Å². The second-order valence-electron chi connectivity index (χ2n) is 7.87. The van der Waals surface area contributed by atoms with Gasteiger partial charge in [-0.3, -0.25) is 4.79 Å². The van der Waals surface area contributed by atoms with E-state index < -0.39 is 0 Å². The summed E-state index contributed by atoms with van der Waals surface area (Å²) in [7, 11) is 1.61. The third-order valence-corrected chi connectivity index (χ3v) is 5.62. The lowest BCUT2D eigenvalue weighted by Gasteiger charge is -2.22. The van der Waals surface area contributed by atoms with E-state index in [1.54, 1.807) is 19.2 Å². The summed E-state index contributed by atoms with van der Waals surface area (Å²) in [6, 6.07) is 21.9. The number of rotatable bonds is 7. The van der Waals surface area contributed by atoms with E-state index in [2.05, 4.69) is 20.9 Å². The molecule has 3 amide bonds. The maximum absolute atomic E-state index is 12.9. The number of hydrogen-bond donors (Lipinski definition) is 3. The van der Waals surface area contributed by atoms with Crippen LogP contribution in [-0.4, -0.2) is 32.1 Å². The minimum absolute atomic E-state index is 0.222. The summed E-state index contributed by atoms with van der Waals surface area (Å²) in [4.78, 5) is 27.8. The van der Waals surface area contributed by atoms with Crippen molar-refractivity contribution < 1.29 is 14.3 Å². The molecule has 1 aliphatic heterocycles. The van der Waals surface area contributed by atoms with Gasteiger partial charge in [0, 0.05) is 36.4 Å². The Hall–Kier alpha value is -4.00. The lowest BCUT2D eigenvalue weighted by atomic mass is 10.1. The summed E-state index contributed by atoms with van der Waals surface area (Å²) in [5.41, 5.74) is 3.58. The molecule has 1 fully saturated rings. The van der Waals surface area contributed by atoms with Gasteiger partial charge in [-0.1, -0.05) is 36.4 Å². The lowest BCUT2D eigenvalue weighted by molar-refractivity contribution is 0.0950. The van der Waals surface area contributed by atoms with Gasteiger partial charge in [-0.05, 0) is 49.2 Å². The number of methoxy groups -OCH3 is 1. The minimum atomic E-state index is -0.353. The summed E-state index contributed by atoms with van der Waals surface area (Å²) in [5, 5.41) is 8.70. The van der Waals surface area contributed by atoms with E-state index in [1.165, 1.54) is 0 Å². The molecule has 0 atom stereocenters. The maximum Gasteiger partial charge on any atom is 0.323 e. The van der Waals surface area contributed by atoms with Crippen molar-refractivity contribution in [1.82, 2.24) is 5.32 Å². The number of amides is 3. The molecular formula is C26H28N4O3. The van der Waals surface area contributed by atoms with Crippen molar-refractivity contribution in [3.8, 4) is 5.75 Å². The van der Waals surface area contributed by atoms with Gasteiger partial charge in [-0.15, -0.1) is 0 Å². The molecule has 0 bridgehead atoms. The van der Waals surface area contributed by atoms with Crippen LogP contribution < -0.4 is 25.6 Å². The van der Waals surface area contributed by atoms with Gasteiger partial charge in [-0.25, -0.2) is 4.79 Å². The highest BCUT2D eigenvalue weighted by Gasteiger charge is 2.19. The monoisotopic (exact) mass is 444 g/mol. The van der Waals surface area contributed by atoms with E-state index in [-0.39, 0.29) is 11.9 Å².